The van der Waals surface area contributed by atoms with Crippen molar-refractivity contribution in [1.29, 1.82) is 0 Å². The highest BCUT2D eigenvalue weighted by Crippen LogP contribution is 2.42. The summed E-state index contributed by atoms with van der Waals surface area (Å²) in [7, 11) is 0. The van der Waals surface area contributed by atoms with Crippen molar-refractivity contribution in [1.82, 2.24) is 19.9 Å². The lowest BCUT2D eigenvalue weighted by molar-refractivity contribution is 1.37. The van der Waals surface area contributed by atoms with Gasteiger partial charge in [-0.05, 0) is 56.6 Å². The van der Waals surface area contributed by atoms with Crippen molar-refractivity contribution in [2.75, 3.05) is 0 Å². The van der Waals surface area contributed by atoms with Gasteiger partial charge in [0.15, 0.2) is 0 Å². The maximum absolute atomic E-state index is 5.20. The minimum absolute atomic E-state index is 0.929. The second-order valence-electron chi connectivity index (χ2n) is 11.5. The molecule has 0 aliphatic heterocycles. The molecule has 0 bridgehead atoms. The van der Waals surface area contributed by atoms with Gasteiger partial charge in [0.2, 0.25) is 0 Å². The summed E-state index contributed by atoms with van der Waals surface area (Å²) in [5, 5.41) is 11.7. The molecule has 0 spiro atoms. The van der Waals surface area contributed by atoms with Gasteiger partial charge in [-0.25, -0.2) is 9.97 Å². The van der Waals surface area contributed by atoms with E-state index in [1.807, 2.05) is 24.5 Å². The number of hydrogen-bond donors (Lipinski definition) is 0. The molecule has 202 valence electrons. The SMILES string of the molecule is c1cnc2c(c1)ccc1ccc(-c3ccc4ccc5ccc(-c6ccc7ccc8cccnc8c7n6)c6ccc3c4c56)nc12. The second kappa shape index (κ2) is 8.76. The summed E-state index contributed by atoms with van der Waals surface area (Å²) in [5.41, 5.74) is 7.85. The Labute approximate surface area is 251 Å². The van der Waals surface area contributed by atoms with Crippen LogP contribution in [0.25, 0.3) is 98.4 Å². The summed E-state index contributed by atoms with van der Waals surface area (Å²) in [6.07, 6.45) is 3.68. The van der Waals surface area contributed by atoms with Crippen molar-refractivity contribution in [3.63, 3.8) is 0 Å². The highest BCUT2D eigenvalue weighted by molar-refractivity contribution is 6.27. The molecule has 0 saturated carbocycles. The fourth-order valence-corrected chi connectivity index (χ4v) is 7.00. The first-order valence-corrected chi connectivity index (χ1v) is 14.8. The summed E-state index contributed by atoms with van der Waals surface area (Å²) in [6.45, 7) is 0. The maximum Gasteiger partial charge on any atom is 0.0972 e. The topological polar surface area (TPSA) is 51.6 Å². The fraction of sp³-hybridized carbons (Fsp3) is 0. The number of hydrogen-bond acceptors (Lipinski definition) is 4. The van der Waals surface area contributed by atoms with E-state index in [0.717, 1.165) is 66.1 Å². The van der Waals surface area contributed by atoms with Gasteiger partial charge in [0.05, 0.1) is 33.5 Å². The van der Waals surface area contributed by atoms with Crippen molar-refractivity contribution in [3.8, 4) is 22.5 Å². The van der Waals surface area contributed by atoms with Crippen molar-refractivity contribution < 1.29 is 0 Å². The molecule has 0 N–H and O–H groups in total. The Kier molecular flexibility index (Phi) is 4.69. The molecule has 0 atom stereocenters. The molecular formula is C40H22N4. The van der Waals surface area contributed by atoms with Crippen LogP contribution in [0.3, 0.4) is 0 Å². The predicted octanol–water partition coefficient (Wildman–Crippen LogP) is 10.1. The molecule has 0 unspecified atom stereocenters. The molecule has 6 aromatic carbocycles. The lowest BCUT2D eigenvalue weighted by Gasteiger charge is -2.16. The Morgan fingerprint density at radius 3 is 1.18 bits per heavy atom. The summed E-state index contributed by atoms with van der Waals surface area (Å²) >= 11 is 0. The van der Waals surface area contributed by atoms with Crippen molar-refractivity contribution >= 4 is 75.9 Å². The molecule has 0 amide bonds. The third-order valence-electron chi connectivity index (χ3n) is 9.08. The van der Waals surface area contributed by atoms with Crippen LogP contribution in [0.15, 0.2) is 134 Å². The number of benzene rings is 6. The number of aromatic nitrogens is 4. The van der Waals surface area contributed by atoms with Gasteiger partial charge in [-0.2, -0.15) is 0 Å². The zero-order chi connectivity index (χ0) is 28.8. The Bertz CT molecular complexity index is 2590. The Hall–Kier alpha value is -6.00. The first kappa shape index (κ1) is 23.6. The van der Waals surface area contributed by atoms with Gasteiger partial charge in [0, 0.05) is 45.1 Å². The summed E-state index contributed by atoms with van der Waals surface area (Å²) < 4.78 is 0. The van der Waals surface area contributed by atoms with Crippen molar-refractivity contribution in [3.05, 3.63) is 134 Å². The number of pyridine rings is 4. The van der Waals surface area contributed by atoms with Gasteiger partial charge in [0.1, 0.15) is 0 Å². The van der Waals surface area contributed by atoms with E-state index < -0.39 is 0 Å². The lowest BCUT2D eigenvalue weighted by Crippen LogP contribution is -1.93. The van der Waals surface area contributed by atoms with Gasteiger partial charge in [0.25, 0.3) is 0 Å². The van der Waals surface area contributed by atoms with Crippen LogP contribution in [0.4, 0.5) is 0 Å². The standard InChI is InChI=1S/C40H22N4/c1-3-25-7-9-27-13-19-33(43-39(27)37(25)41-21-1)29-15-11-23-5-6-24-12-16-30(32-18-17-31(29)35(23)36(24)32)34-20-14-28-10-8-26-4-2-22-42-38(26)40(28)44-34/h1-22H. The number of fused-ring (bicyclic) bond motifs is 6. The monoisotopic (exact) mass is 558 g/mol. The van der Waals surface area contributed by atoms with E-state index in [1.165, 1.54) is 32.3 Å². The third-order valence-corrected chi connectivity index (χ3v) is 9.08. The van der Waals surface area contributed by atoms with Crippen LogP contribution in [-0.4, -0.2) is 19.9 Å². The molecule has 4 heterocycles. The molecule has 0 radical (unpaired) electrons. The van der Waals surface area contributed by atoms with E-state index in [9.17, 15) is 0 Å². The molecule has 44 heavy (non-hydrogen) atoms. The molecule has 4 heteroatoms. The maximum atomic E-state index is 5.20. The molecule has 10 aromatic rings. The zero-order valence-corrected chi connectivity index (χ0v) is 23.5. The van der Waals surface area contributed by atoms with Gasteiger partial charge in [-0.15, -0.1) is 0 Å². The van der Waals surface area contributed by atoms with Crippen LogP contribution in [0.1, 0.15) is 0 Å². The van der Waals surface area contributed by atoms with Gasteiger partial charge >= 0.3 is 0 Å². The van der Waals surface area contributed by atoms with E-state index >= 15 is 0 Å². The zero-order valence-electron chi connectivity index (χ0n) is 23.5. The van der Waals surface area contributed by atoms with Gasteiger partial charge in [-0.3, -0.25) is 9.97 Å². The summed E-state index contributed by atoms with van der Waals surface area (Å²) in [4.78, 5) is 19.7. The first-order valence-electron chi connectivity index (χ1n) is 14.8. The van der Waals surface area contributed by atoms with Crippen LogP contribution in [0.2, 0.25) is 0 Å². The molecule has 4 aromatic heterocycles. The smallest absolute Gasteiger partial charge is 0.0972 e. The number of rotatable bonds is 2. The summed E-state index contributed by atoms with van der Waals surface area (Å²) in [5.74, 6) is 0. The minimum atomic E-state index is 0.929. The van der Waals surface area contributed by atoms with Crippen molar-refractivity contribution in [2.45, 2.75) is 0 Å². The quantitative estimate of drug-likeness (QED) is 0.198. The number of nitrogens with zero attached hydrogens (tertiary/aromatic N) is 4. The van der Waals surface area contributed by atoms with E-state index in [4.69, 9.17) is 9.97 Å². The van der Waals surface area contributed by atoms with Crippen molar-refractivity contribution in [2.24, 2.45) is 0 Å². The molecule has 4 nitrogen and oxygen atoms in total. The third kappa shape index (κ3) is 3.28. The average Bonchev–Trinajstić information content (AvgIpc) is 3.10. The van der Waals surface area contributed by atoms with E-state index in [0.29, 0.717) is 0 Å². The van der Waals surface area contributed by atoms with Crippen LogP contribution in [0, 0.1) is 0 Å². The predicted molar refractivity (Wildman–Crippen MR) is 182 cm³/mol. The molecule has 0 fully saturated rings. The van der Waals surface area contributed by atoms with Gasteiger partial charge < -0.3 is 0 Å². The largest absolute Gasteiger partial charge is 0.254 e. The van der Waals surface area contributed by atoms with Crippen LogP contribution in [-0.2, 0) is 0 Å². The van der Waals surface area contributed by atoms with Gasteiger partial charge in [-0.1, -0.05) is 97.1 Å². The van der Waals surface area contributed by atoms with E-state index in [1.54, 1.807) is 0 Å². The molecular weight excluding hydrogens is 536 g/mol. The molecule has 0 aliphatic rings. The van der Waals surface area contributed by atoms with Crippen LogP contribution in [0.5, 0.6) is 0 Å². The Morgan fingerprint density at radius 2 is 0.705 bits per heavy atom. The summed E-state index contributed by atoms with van der Waals surface area (Å²) in [6, 6.07) is 43.0. The normalized spacial score (nSPS) is 12.1. The van der Waals surface area contributed by atoms with E-state index in [-0.39, 0.29) is 0 Å². The molecule has 10 rings (SSSR count). The minimum Gasteiger partial charge on any atom is -0.254 e. The van der Waals surface area contributed by atoms with Crippen LogP contribution < -0.4 is 0 Å². The highest BCUT2D eigenvalue weighted by Gasteiger charge is 2.17. The average molecular weight is 559 g/mol. The Morgan fingerprint density at radius 1 is 0.318 bits per heavy atom. The fourth-order valence-electron chi connectivity index (χ4n) is 7.00. The Balaban J connectivity index is 1.23. The first-order chi connectivity index (χ1) is 21.8. The van der Waals surface area contributed by atoms with Crippen LogP contribution >= 0.6 is 0 Å². The highest BCUT2D eigenvalue weighted by atomic mass is 14.8. The lowest BCUT2D eigenvalue weighted by atomic mass is 9.88. The molecule has 0 aliphatic carbocycles. The molecule has 0 saturated heterocycles. The second-order valence-corrected chi connectivity index (χ2v) is 11.5. The van der Waals surface area contributed by atoms with E-state index in [2.05, 4.69) is 119 Å².